The fourth-order valence-corrected chi connectivity index (χ4v) is 3.35. The Hall–Kier alpha value is -2.10. The van der Waals surface area contributed by atoms with Crippen LogP contribution in [0.15, 0.2) is 42.5 Å². The van der Waals surface area contributed by atoms with Gasteiger partial charge >= 0.3 is 5.97 Å². The molecule has 1 fully saturated rings. The van der Waals surface area contributed by atoms with E-state index in [1.807, 2.05) is 30.3 Å². The Labute approximate surface area is 130 Å². The first-order valence-corrected chi connectivity index (χ1v) is 7.76. The predicted molar refractivity (Wildman–Crippen MR) is 82.7 cm³/mol. The van der Waals surface area contributed by atoms with Crippen LogP contribution in [0.1, 0.15) is 18.4 Å². The van der Waals surface area contributed by atoms with Crippen LogP contribution in [0, 0.1) is 17.8 Å². The lowest BCUT2D eigenvalue weighted by atomic mass is 9.94. The smallest absolute Gasteiger partial charge is 0.310 e. The average Bonchev–Trinajstić information content (AvgIpc) is 3.16. The van der Waals surface area contributed by atoms with Gasteiger partial charge in [-0.15, -0.1) is 0 Å². The molecule has 0 aliphatic heterocycles. The van der Waals surface area contributed by atoms with Gasteiger partial charge in [0.15, 0.2) is 6.61 Å². The zero-order valence-electron chi connectivity index (χ0n) is 12.8. The largest absolute Gasteiger partial charge is 0.455 e. The Kier molecular flexibility index (Phi) is 4.27. The summed E-state index contributed by atoms with van der Waals surface area (Å²) in [6, 6.07) is 9.76. The number of rotatable bonds is 5. The summed E-state index contributed by atoms with van der Waals surface area (Å²) in [7, 11) is 1.73. The maximum Gasteiger partial charge on any atom is 0.310 e. The number of likely N-dealkylation sites (N-methyl/N-ethyl adjacent to an activating group) is 1. The quantitative estimate of drug-likeness (QED) is 0.619. The van der Waals surface area contributed by atoms with Gasteiger partial charge in [-0.2, -0.15) is 0 Å². The fraction of sp³-hybridized carbons (Fsp3) is 0.444. The van der Waals surface area contributed by atoms with Crippen molar-refractivity contribution in [1.82, 2.24) is 4.90 Å². The van der Waals surface area contributed by atoms with Crippen molar-refractivity contribution in [2.24, 2.45) is 17.8 Å². The van der Waals surface area contributed by atoms with Gasteiger partial charge in [0.2, 0.25) is 0 Å². The van der Waals surface area contributed by atoms with Crippen molar-refractivity contribution in [2.75, 3.05) is 13.7 Å². The zero-order chi connectivity index (χ0) is 15.5. The Morgan fingerprint density at radius 2 is 1.95 bits per heavy atom. The first kappa shape index (κ1) is 14.8. The summed E-state index contributed by atoms with van der Waals surface area (Å²) in [5.41, 5.74) is 1.06. The first-order valence-electron chi connectivity index (χ1n) is 7.76. The lowest BCUT2D eigenvalue weighted by Gasteiger charge is -2.19. The van der Waals surface area contributed by atoms with Crippen molar-refractivity contribution in [3.8, 4) is 0 Å². The number of nitrogens with zero attached hydrogens (tertiary/aromatic N) is 1. The normalized spacial score (nSPS) is 25.2. The number of ether oxygens (including phenoxy) is 1. The number of hydrogen-bond acceptors (Lipinski definition) is 3. The van der Waals surface area contributed by atoms with Gasteiger partial charge in [-0.05, 0) is 30.2 Å². The van der Waals surface area contributed by atoms with Crippen LogP contribution in [-0.4, -0.2) is 30.4 Å². The van der Waals surface area contributed by atoms with E-state index in [9.17, 15) is 9.59 Å². The summed E-state index contributed by atoms with van der Waals surface area (Å²) >= 11 is 0. The minimum atomic E-state index is -0.224. The number of amides is 1. The van der Waals surface area contributed by atoms with E-state index in [4.69, 9.17) is 4.74 Å². The second kappa shape index (κ2) is 6.34. The highest BCUT2D eigenvalue weighted by atomic mass is 16.5. The topological polar surface area (TPSA) is 46.6 Å². The third-order valence-corrected chi connectivity index (χ3v) is 4.61. The molecule has 1 aromatic rings. The minimum absolute atomic E-state index is 0.0535. The van der Waals surface area contributed by atoms with Crippen LogP contribution < -0.4 is 0 Å². The van der Waals surface area contributed by atoms with E-state index in [2.05, 4.69) is 12.2 Å². The summed E-state index contributed by atoms with van der Waals surface area (Å²) in [6.07, 6.45) is 6.23. The summed E-state index contributed by atoms with van der Waals surface area (Å²) in [4.78, 5) is 25.7. The zero-order valence-corrected chi connectivity index (χ0v) is 12.8. The monoisotopic (exact) mass is 299 g/mol. The van der Waals surface area contributed by atoms with Crippen LogP contribution >= 0.6 is 0 Å². The number of carbonyl (C=O) groups excluding carboxylic acids is 2. The van der Waals surface area contributed by atoms with Crippen LogP contribution in [0.4, 0.5) is 0 Å². The van der Waals surface area contributed by atoms with Crippen LogP contribution in [0.5, 0.6) is 0 Å². The Morgan fingerprint density at radius 1 is 1.18 bits per heavy atom. The molecule has 2 aliphatic rings. The standard InChI is InChI=1S/C18H21NO3/c1-19(11-13-5-3-2-4-6-13)17(20)12-22-18(21)16-10-14-7-8-15(16)9-14/h2-8,14-16H,9-12H2,1H3/t14-,15+,16+/m1/s1. The van der Waals surface area contributed by atoms with Crippen molar-refractivity contribution >= 4 is 11.9 Å². The molecule has 0 radical (unpaired) electrons. The molecule has 1 saturated carbocycles. The van der Waals surface area contributed by atoms with Crippen molar-refractivity contribution in [3.05, 3.63) is 48.0 Å². The molecule has 0 saturated heterocycles. The number of fused-ring (bicyclic) bond motifs is 2. The van der Waals surface area contributed by atoms with E-state index >= 15 is 0 Å². The number of allylic oxidation sites excluding steroid dienone is 2. The molecule has 4 heteroatoms. The summed E-state index contributed by atoms with van der Waals surface area (Å²) < 4.78 is 5.24. The van der Waals surface area contributed by atoms with Gasteiger partial charge in [0.1, 0.15) is 0 Å². The Balaban J connectivity index is 1.45. The van der Waals surface area contributed by atoms with Crippen molar-refractivity contribution < 1.29 is 14.3 Å². The molecule has 2 bridgehead atoms. The Bertz CT molecular complexity index is 581. The number of hydrogen-bond donors (Lipinski definition) is 0. The van der Waals surface area contributed by atoms with E-state index in [1.165, 1.54) is 0 Å². The highest BCUT2D eigenvalue weighted by molar-refractivity contribution is 5.81. The van der Waals surface area contributed by atoms with E-state index in [0.717, 1.165) is 18.4 Å². The molecule has 3 atom stereocenters. The molecule has 0 N–H and O–H groups in total. The van der Waals surface area contributed by atoms with Crippen LogP contribution in [0.3, 0.4) is 0 Å². The van der Waals surface area contributed by atoms with E-state index in [0.29, 0.717) is 18.4 Å². The molecule has 1 aromatic carbocycles. The van der Waals surface area contributed by atoms with E-state index < -0.39 is 0 Å². The van der Waals surface area contributed by atoms with Gasteiger partial charge in [0.25, 0.3) is 5.91 Å². The second-order valence-electron chi connectivity index (χ2n) is 6.23. The fourth-order valence-electron chi connectivity index (χ4n) is 3.35. The maximum absolute atomic E-state index is 12.1. The van der Waals surface area contributed by atoms with Gasteiger partial charge in [0.05, 0.1) is 5.92 Å². The van der Waals surface area contributed by atoms with Gasteiger partial charge in [0, 0.05) is 13.6 Å². The average molecular weight is 299 g/mol. The molecule has 0 heterocycles. The predicted octanol–water partition coefficient (Wildman–Crippen LogP) is 2.40. The third kappa shape index (κ3) is 3.21. The molecule has 116 valence electrons. The van der Waals surface area contributed by atoms with Gasteiger partial charge in [-0.3, -0.25) is 9.59 Å². The number of esters is 1. The van der Waals surface area contributed by atoms with Gasteiger partial charge in [-0.1, -0.05) is 42.5 Å². The molecule has 1 amide bonds. The van der Waals surface area contributed by atoms with Crippen molar-refractivity contribution in [2.45, 2.75) is 19.4 Å². The Morgan fingerprint density at radius 3 is 2.59 bits per heavy atom. The SMILES string of the molecule is CN(Cc1ccccc1)C(=O)COC(=O)[C@H]1C[C@@H]2C=C[C@H]1C2. The van der Waals surface area contributed by atoms with Gasteiger partial charge in [-0.25, -0.2) is 0 Å². The van der Waals surface area contributed by atoms with Crippen molar-refractivity contribution in [3.63, 3.8) is 0 Å². The van der Waals surface area contributed by atoms with Crippen LogP contribution in [0.2, 0.25) is 0 Å². The molecule has 22 heavy (non-hydrogen) atoms. The molecular formula is C18H21NO3. The lowest BCUT2D eigenvalue weighted by molar-refractivity contribution is -0.156. The molecule has 0 aromatic heterocycles. The molecule has 2 aliphatic carbocycles. The van der Waals surface area contributed by atoms with E-state index in [-0.39, 0.29) is 24.4 Å². The molecule has 3 rings (SSSR count). The maximum atomic E-state index is 12.1. The molecule has 0 unspecified atom stereocenters. The number of carbonyl (C=O) groups is 2. The summed E-state index contributed by atoms with van der Waals surface area (Å²) in [5.74, 6) is 0.394. The third-order valence-electron chi connectivity index (χ3n) is 4.61. The minimum Gasteiger partial charge on any atom is -0.455 e. The summed E-state index contributed by atoms with van der Waals surface area (Å²) in [5, 5.41) is 0. The van der Waals surface area contributed by atoms with Crippen LogP contribution in [0.25, 0.3) is 0 Å². The first-order chi connectivity index (χ1) is 10.6. The summed E-state index contributed by atoms with van der Waals surface area (Å²) in [6.45, 7) is 0.355. The molecular weight excluding hydrogens is 278 g/mol. The number of benzene rings is 1. The lowest BCUT2D eigenvalue weighted by Crippen LogP contribution is -2.32. The highest BCUT2D eigenvalue weighted by Crippen LogP contribution is 2.43. The van der Waals surface area contributed by atoms with E-state index in [1.54, 1.807) is 11.9 Å². The van der Waals surface area contributed by atoms with Gasteiger partial charge < -0.3 is 9.64 Å². The second-order valence-corrected chi connectivity index (χ2v) is 6.23. The van der Waals surface area contributed by atoms with Crippen molar-refractivity contribution in [1.29, 1.82) is 0 Å². The molecule has 4 nitrogen and oxygen atoms in total. The molecule has 0 spiro atoms. The highest BCUT2D eigenvalue weighted by Gasteiger charge is 2.40. The van der Waals surface area contributed by atoms with Crippen LogP contribution in [-0.2, 0) is 20.9 Å².